The van der Waals surface area contributed by atoms with Crippen molar-refractivity contribution in [3.63, 3.8) is 0 Å². The minimum atomic E-state index is -0.252. The molecule has 2 heteroatoms. The summed E-state index contributed by atoms with van der Waals surface area (Å²) in [5.41, 5.74) is 0. The van der Waals surface area contributed by atoms with E-state index < -0.39 is 0 Å². The molecule has 0 heterocycles. The van der Waals surface area contributed by atoms with Gasteiger partial charge >= 0.3 is 0 Å². The normalized spacial score (nSPS) is 10.8. The Balaban J connectivity index is 2.17. The van der Waals surface area contributed by atoms with Crippen LogP contribution in [0.4, 0.5) is 4.39 Å². The van der Waals surface area contributed by atoms with Gasteiger partial charge in [0.15, 0.2) is 0 Å². The molecule has 0 aliphatic heterocycles. The van der Waals surface area contributed by atoms with Gasteiger partial charge in [-0.3, -0.25) is 0 Å². The number of hydrogen-bond donors (Lipinski definition) is 0. The molecule has 1 rings (SSSR count). The lowest BCUT2D eigenvalue weighted by atomic mass is 10.3. The van der Waals surface area contributed by atoms with Crippen LogP contribution in [0.15, 0.2) is 36.4 Å². The molecule has 1 nitrogen and oxygen atoms in total. The molecule has 15 heavy (non-hydrogen) atoms. The van der Waals surface area contributed by atoms with Crippen molar-refractivity contribution in [1.82, 2.24) is 0 Å². The Hall–Kier alpha value is -1.31. The molecule has 0 amide bonds. The van der Waals surface area contributed by atoms with E-state index in [4.69, 9.17) is 4.74 Å². The lowest BCUT2D eigenvalue weighted by molar-refractivity contribution is 0.310. The molecular weight excluding hydrogens is 191 g/mol. The van der Waals surface area contributed by atoms with E-state index in [2.05, 4.69) is 19.1 Å². The van der Waals surface area contributed by atoms with Gasteiger partial charge in [-0.2, -0.15) is 0 Å². The van der Waals surface area contributed by atoms with Crippen LogP contribution >= 0.6 is 0 Å². The van der Waals surface area contributed by atoms with Crippen molar-refractivity contribution in [2.75, 3.05) is 6.61 Å². The first-order chi connectivity index (χ1) is 7.33. The molecule has 0 N–H and O–H groups in total. The van der Waals surface area contributed by atoms with E-state index in [1.54, 1.807) is 12.1 Å². The molecule has 1 aromatic carbocycles. The van der Waals surface area contributed by atoms with Gasteiger partial charge in [0.1, 0.15) is 11.6 Å². The summed E-state index contributed by atoms with van der Waals surface area (Å²) in [6.45, 7) is 2.75. The van der Waals surface area contributed by atoms with Crippen molar-refractivity contribution in [1.29, 1.82) is 0 Å². The third-order valence-corrected chi connectivity index (χ3v) is 1.98. The highest BCUT2D eigenvalue weighted by atomic mass is 19.1. The zero-order valence-corrected chi connectivity index (χ0v) is 9.08. The van der Waals surface area contributed by atoms with E-state index >= 15 is 0 Å². The van der Waals surface area contributed by atoms with Gasteiger partial charge in [-0.25, -0.2) is 4.39 Å². The Kier molecular flexibility index (Phi) is 5.52. The SMILES string of the molecule is CCC=CCCCOc1cccc(F)c1. The summed E-state index contributed by atoms with van der Waals surface area (Å²) < 4.78 is 18.1. The van der Waals surface area contributed by atoms with Gasteiger partial charge in [-0.1, -0.05) is 25.1 Å². The van der Waals surface area contributed by atoms with Crippen LogP contribution in [-0.2, 0) is 0 Å². The molecular formula is C13H17FO. The van der Waals surface area contributed by atoms with Crippen LogP contribution in [0.5, 0.6) is 5.75 Å². The second-order valence-corrected chi connectivity index (χ2v) is 3.33. The minimum Gasteiger partial charge on any atom is -0.493 e. The number of hydrogen-bond acceptors (Lipinski definition) is 1. The van der Waals surface area contributed by atoms with Gasteiger partial charge in [0.25, 0.3) is 0 Å². The van der Waals surface area contributed by atoms with Gasteiger partial charge < -0.3 is 4.74 Å². The fraction of sp³-hybridized carbons (Fsp3) is 0.385. The van der Waals surface area contributed by atoms with E-state index in [1.165, 1.54) is 12.1 Å². The zero-order chi connectivity index (χ0) is 10.9. The highest BCUT2D eigenvalue weighted by molar-refractivity contribution is 5.22. The smallest absolute Gasteiger partial charge is 0.126 e. The molecule has 0 aliphatic rings. The maximum Gasteiger partial charge on any atom is 0.126 e. The fourth-order valence-corrected chi connectivity index (χ4v) is 1.23. The fourth-order valence-electron chi connectivity index (χ4n) is 1.23. The summed E-state index contributed by atoms with van der Waals surface area (Å²) in [6, 6.07) is 6.24. The number of unbranched alkanes of at least 4 members (excludes halogenated alkanes) is 1. The molecule has 0 aromatic heterocycles. The molecule has 0 saturated carbocycles. The maximum absolute atomic E-state index is 12.8. The van der Waals surface area contributed by atoms with Gasteiger partial charge in [0.05, 0.1) is 6.61 Å². The van der Waals surface area contributed by atoms with Crippen LogP contribution in [0.2, 0.25) is 0 Å². The topological polar surface area (TPSA) is 9.23 Å². The second kappa shape index (κ2) is 7.04. The summed E-state index contributed by atoms with van der Waals surface area (Å²) in [5.74, 6) is 0.354. The summed E-state index contributed by atoms with van der Waals surface area (Å²) >= 11 is 0. The summed E-state index contributed by atoms with van der Waals surface area (Å²) in [6.07, 6.45) is 7.35. The summed E-state index contributed by atoms with van der Waals surface area (Å²) in [5, 5.41) is 0. The Morgan fingerprint density at radius 1 is 1.33 bits per heavy atom. The molecule has 0 saturated heterocycles. The quantitative estimate of drug-likeness (QED) is 0.508. The first kappa shape index (κ1) is 11.8. The van der Waals surface area contributed by atoms with E-state index in [-0.39, 0.29) is 5.82 Å². The van der Waals surface area contributed by atoms with E-state index in [9.17, 15) is 4.39 Å². The van der Waals surface area contributed by atoms with E-state index in [1.807, 2.05) is 0 Å². The molecule has 82 valence electrons. The van der Waals surface area contributed by atoms with E-state index in [0.717, 1.165) is 19.3 Å². The van der Waals surface area contributed by atoms with Crippen molar-refractivity contribution in [3.05, 3.63) is 42.2 Å². The van der Waals surface area contributed by atoms with Crippen molar-refractivity contribution in [2.45, 2.75) is 26.2 Å². The monoisotopic (exact) mass is 208 g/mol. The molecule has 0 fully saturated rings. The maximum atomic E-state index is 12.8. The predicted octanol–water partition coefficient (Wildman–Crippen LogP) is 3.95. The molecule has 0 radical (unpaired) electrons. The molecule has 1 aromatic rings. The molecule has 0 unspecified atom stereocenters. The third-order valence-electron chi connectivity index (χ3n) is 1.98. The highest BCUT2D eigenvalue weighted by Gasteiger charge is 1.94. The second-order valence-electron chi connectivity index (χ2n) is 3.33. The lowest BCUT2D eigenvalue weighted by Gasteiger charge is -2.04. The Labute approximate surface area is 90.6 Å². The minimum absolute atomic E-state index is 0.252. The molecule has 0 bridgehead atoms. The number of ether oxygens (including phenoxy) is 1. The Morgan fingerprint density at radius 2 is 2.20 bits per heavy atom. The van der Waals surface area contributed by atoms with Gasteiger partial charge in [0, 0.05) is 6.07 Å². The number of halogens is 1. The summed E-state index contributed by atoms with van der Waals surface area (Å²) in [7, 11) is 0. The third kappa shape index (κ3) is 5.21. The van der Waals surface area contributed by atoms with Crippen molar-refractivity contribution < 1.29 is 9.13 Å². The standard InChI is InChI=1S/C13H17FO/c1-2-3-4-5-6-10-15-13-9-7-8-12(14)11-13/h3-4,7-9,11H,2,5-6,10H2,1H3. The van der Waals surface area contributed by atoms with Crippen LogP contribution < -0.4 is 4.74 Å². The predicted molar refractivity (Wildman–Crippen MR) is 60.6 cm³/mol. The molecule has 0 spiro atoms. The van der Waals surface area contributed by atoms with Crippen molar-refractivity contribution in [3.8, 4) is 5.75 Å². The van der Waals surface area contributed by atoms with Crippen molar-refractivity contribution in [2.24, 2.45) is 0 Å². The highest BCUT2D eigenvalue weighted by Crippen LogP contribution is 2.12. The number of rotatable bonds is 6. The first-order valence-corrected chi connectivity index (χ1v) is 5.36. The average molecular weight is 208 g/mol. The van der Waals surface area contributed by atoms with Gasteiger partial charge in [-0.05, 0) is 31.4 Å². The van der Waals surface area contributed by atoms with Crippen LogP contribution in [-0.4, -0.2) is 6.61 Å². The van der Waals surface area contributed by atoms with Crippen LogP contribution in [0.3, 0.4) is 0 Å². The van der Waals surface area contributed by atoms with Gasteiger partial charge in [0.2, 0.25) is 0 Å². The summed E-state index contributed by atoms with van der Waals surface area (Å²) in [4.78, 5) is 0. The lowest BCUT2D eigenvalue weighted by Crippen LogP contribution is -1.96. The number of allylic oxidation sites excluding steroid dienone is 2. The largest absolute Gasteiger partial charge is 0.493 e. The van der Waals surface area contributed by atoms with Crippen LogP contribution in [0, 0.1) is 5.82 Å². The average Bonchev–Trinajstić information content (AvgIpc) is 2.23. The van der Waals surface area contributed by atoms with Crippen molar-refractivity contribution >= 4 is 0 Å². The van der Waals surface area contributed by atoms with Gasteiger partial charge in [-0.15, -0.1) is 0 Å². The molecule has 0 aliphatic carbocycles. The zero-order valence-electron chi connectivity index (χ0n) is 9.08. The van der Waals surface area contributed by atoms with E-state index in [0.29, 0.717) is 12.4 Å². The molecule has 0 atom stereocenters. The first-order valence-electron chi connectivity index (χ1n) is 5.36. The number of benzene rings is 1. The Morgan fingerprint density at radius 3 is 2.93 bits per heavy atom. The van der Waals surface area contributed by atoms with Crippen LogP contribution in [0.1, 0.15) is 26.2 Å². The Bertz CT molecular complexity index is 307. The van der Waals surface area contributed by atoms with Crippen LogP contribution in [0.25, 0.3) is 0 Å².